The molecule has 1 N–H and O–H groups in total. The first-order chi connectivity index (χ1) is 9.98. The fraction of sp³-hybridized carbons (Fsp3) is 0.412. The average molecular weight is 282 g/mol. The second-order valence-electron chi connectivity index (χ2n) is 6.12. The van der Waals surface area contributed by atoms with Crippen LogP contribution < -0.4 is 4.90 Å². The standard InChI is InChI=1S/C17H18N2O2/c1-3-9-17(11-18)12-6-4-5-7-13(12)19-14(20)8-10-16(2,21)15(17)19/h3-7,15,21H,1,8-10H2,2H3/t15-,16-,17-/m0/s1. The number of aliphatic hydroxyl groups is 1. The zero-order chi connectivity index (χ0) is 15.3. The van der Waals surface area contributed by atoms with Gasteiger partial charge in [-0.25, -0.2) is 0 Å². The highest BCUT2D eigenvalue weighted by molar-refractivity contribution is 5.99. The lowest BCUT2D eigenvalue weighted by Crippen LogP contribution is -2.62. The second-order valence-corrected chi connectivity index (χ2v) is 6.12. The number of para-hydroxylation sites is 1. The van der Waals surface area contributed by atoms with E-state index in [0.29, 0.717) is 19.3 Å². The zero-order valence-electron chi connectivity index (χ0n) is 12.0. The molecule has 3 atom stereocenters. The predicted molar refractivity (Wildman–Crippen MR) is 79.7 cm³/mol. The lowest BCUT2D eigenvalue weighted by molar-refractivity contribution is -0.126. The maximum Gasteiger partial charge on any atom is 0.227 e. The smallest absolute Gasteiger partial charge is 0.227 e. The number of nitrogens with zero attached hydrogens (tertiary/aromatic N) is 2. The van der Waals surface area contributed by atoms with Gasteiger partial charge in [-0.2, -0.15) is 5.26 Å². The first-order valence-corrected chi connectivity index (χ1v) is 7.14. The molecule has 3 rings (SSSR count). The number of allylic oxidation sites excluding steroid dienone is 1. The van der Waals surface area contributed by atoms with Gasteiger partial charge >= 0.3 is 0 Å². The van der Waals surface area contributed by atoms with E-state index in [1.54, 1.807) is 17.9 Å². The molecule has 1 fully saturated rings. The minimum atomic E-state index is -1.09. The van der Waals surface area contributed by atoms with Crippen molar-refractivity contribution >= 4 is 11.6 Å². The van der Waals surface area contributed by atoms with Gasteiger partial charge in [0, 0.05) is 12.1 Å². The molecule has 0 aromatic heterocycles. The zero-order valence-corrected chi connectivity index (χ0v) is 12.0. The molecule has 0 unspecified atom stereocenters. The van der Waals surface area contributed by atoms with Crippen LogP contribution in [0.5, 0.6) is 0 Å². The second kappa shape index (κ2) is 4.44. The fourth-order valence-electron chi connectivity index (χ4n) is 3.89. The molecule has 0 aliphatic carbocycles. The Balaban J connectivity index is 2.30. The molecule has 1 aromatic carbocycles. The summed E-state index contributed by atoms with van der Waals surface area (Å²) in [5.74, 6) is -0.0276. The van der Waals surface area contributed by atoms with Gasteiger partial charge in [-0.05, 0) is 31.4 Å². The summed E-state index contributed by atoms with van der Waals surface area (Å²) in [6.45, 7) is 5.48. The van der Waals surface area contributed by atoms with Gasteiger partial charge in [-0.1, -0.05) is 24.3 Å². The minimum Gasteiger partial charge on any atom is -0.388 e. The van der Waals surface area contributed by atoms with Crippen LogP contribution in [0.15, 0.2) is 36.9 Å². The number of hydrogen-bond donors (Lipinski definition) is 1. The maximum absolute atomic E-state index is 12.4. The van der Waals surface area contributed by atoms with Crippen LogP contribution in [0.2, 0.25) is 0 Å². The number of anilines is 1. The van der Waals surface area contributed by atoms with Crippen molar-refractivity contribution in [1.82, 2.24) is 0 Å². The van der Waals surface area contributed by atoms with Gasteiger partial charge in [-0.15, -0.1) is 6.58 Å². The number of carbonyl (C=O) groups is 1. The van der Waals surface area contributed by atoms with Crippen molar-refractivity contribution in [2.75, 3.05) is 4.90 Å². The number of benzene rings is 1. The largest absolute Gasteiger partial charge is 0.388 e. The molecule has 4 nitrogen and oxygen atoms in total. The van der Waals surface area contributed by atoms with E-state index in [9.17, 15) is 15.2 Å². The Bertz CT molecular complexity index is 659. The molecule has 2 heterocycles. The van der Waals surface area contributed by atoms with Crippen LogP contribution in [-0.4, -0.2) is 22.7 Å². The lowest BCUT2D eigenvalue weighted by Gasteiger charge is -2.46. The van der Waals surface area contributed by atoms with Gasteiger partial charge in [0.25, 0.3) is 0 Å². The number of fused-ring (bicyclic) bond motifs is 3. The summed E-state index contributed by atoms with van der Waals surface area (Å²) in [7, 11) is 0. The molecule has 0 radical (unpaired) electrons. The maximum atomic E-state index is 12.4. The average Bonchev–Trinajstić information content (AvgIpc) is 2.77. The van der Waals surface area contributed by atoms with Crippen molar-refractivity contribution in [2.24, 2.45) is 0 Å². The Kier molecular flexibility index (Phi) is 2.93. The third-order valence-electron chi connectivity index (χ3n) is 4.74. The quantitative estimate of drug-likeness (QED) is 0.846. The first-order valence-electron chi connectivity index (χ1n) is 7.14. The van der Waals surface area contributed by atoms with Gasteiger partial charge in [0.05, 0.1) is 17.7 Å². The molecule has 1 amide bonds. The number of carbonyl (C=O) groups excluding carboxylic acids is 1. The third kappa shape index (κ3) is 1.68. The number of piperidine rings is 1. The van der Waals surface area contributed by atoms with Gasteiger partial charge in [0.15, 0.2) is 0 Å². The Morgan fingerprint density at radius 3 is 2.95 bits per heavy atom. The van der Waals surface area contributed by atoms with Gasteiger partial charge in [-0.3, -0.25) is 4.79 Å². The minimum absolute atomic E-state index is 0.0276. The lowest BCUT2D eigenvalue weighted by atomic mass is 9.67. The van der Waals surface area contributed by atoms with Crippen molar-refractivity contribution in [3.63, 3.8) is 0 Å². The van der Waals surface area contributed by atoms with E-state index >= 15 is 0 Å². The summed E-state index contributed by atoms with van der Waals surface area (Å²) in [6.07, 6.45) is 2.78. The molecule has 0 spiro atoms. The Morgan fingerprint density at radius 1 is 1.57 bits per heavy atom. The highest BCUT2D eigenvalue weighted by Gasteiger charge is 2.61. The van der Waals surface area contributed by atoms with E-state index < -0.39 is 17.1 Å². The SMILES string of the molecule is C=CC[C@]1(C#N)c2ccccc2N2C(=O)CC[C@](C)(O)[C@H]21. The molecule has 2 aliphatic rings. The van der Waals surface area contributed by atoms with E-state index in [0.717, 1.165) is 11.3 Å². The predicted octanol–water partition coefficient (Wildman–Crippen LogP) is 2.28. The third-order valence-corrected chi connectivity index (χ3v) is 4.74. The molecular formula is C17H18N2O2. The molecular weight excluding hydrogens is 264 g/mol. The van der Waals surface area contributed by atoms with E-state index in [-0.39, 0.29) is 5.91 Å². The fourth-order valence-corrected chi connectivity index (χ4v) is 3.89. The topological polar surface area (TPSA) is 64.3 Å². The van der Waals surface area contributed by atoms with Crippen LogP contribution in [0.1, 0.15) is 31.7 Å². The Labute approximate surface area is 124 Å². The van der Waals surface area contributed by atoms with Gasteiger partial charge in [0.2, 0.25) is 5.91 Å². The van der Waals surface area contributed by atoms with Crippen LogP contribution in [0.4, 0.5) is 5.69 Å². The highest BCUT2D eigenvalue weighted by atomic mass is 16.3. The normalized spacial score (nSPS) is 34.0. The van der Waals surface area contributed by atoms with Crippen molar-refractivity contribution in [1.29, 1.82) is 5.26 Å². The van der Waals surface area contributed by atoms with Gasteiger partial charge < -0.3 is 10.0 Å². The molecule has 4 heteroatoms. The van der Waals surface area contributed by atoms with Crippen LogP contribution in [0.3, 0.4) is 0 Å². The number of rotatable bonds is 2. The van der Waals surface area contributed by atoms with Crippen LogP contribution >= 0.6 is 0 Å². The monoisotopic (exact) mass is 282 g/mol. The molecule has 1 saturated heterocycles. The summed E-state index contributed by atoms with van der Waals surface area (Å²) in [6, 6.07) is 9.27. The molecule has 0 saturated carbocycles. The number of hydrogen-bond acceptors (Lipinski definition) is 3. The highest BCUT2D eigenvalue weighted by Crippen LogP contribution is 2.53. The molecule has 108 valence electrons. The number of nitriles is 1. The van der Waals surface area contributed by atoms with E-state index in [2.05, 4.69) is 12.6 Å². The van der Waals surface area contributed by atoms with E-state index in [1.165, 1.54) is 0 Å². The summed E-state index contributed by atoms with van der Waals surface area (Å²) in [5, 5.41) is 20.8. The molecule has 2 aliphatic heterocycles. The summed E-state index contributed by atoms with van der Waals surface area (Å²) in [5.41, 5.74) is -0.465. The van der Waals surface area contributed by atoms with Crippen LogP contribution in [0.25, 0.3) is 0 Å². The van der Waals surface area contributed by atoms with E-state index in [1.807, 2.05) is 24.3 Å². The summed E-state index contributed by atoms with van der Waals surface area (Å²) < 4.78 is 0. The van der Waals surface area contributed by atoms with Crippen molar-refractivity contribution < 1.29 is 9.90 Å². The van der Waals surface area contributed by atoms with Gasteiger partial charge in [0.1, 0.15) is 5.41 Å². The summed E-state index contributed by atoms with van der Waals surface area (Å²) in [4.78, 5) is 14.0. The summed E-state index contributed by atoms with van der Waals surface area (Å²) >= 11 is 0. The molecule has 1 aromatic rings. The van der Waals surface area contributed by atoms with Crippen molar-refractivity contribution in [3.05, 3.63) is 42.5 Å². The van der Waals surface area contributed by atoms with Crippen molar-refractivity contribution in [2.45, 2.75) is 43.2 Å². The first kappa shape index (κ1) is 13.8. The Morgan fingerprint density at radius 2 is 2.29 bits per heavy atom. The molecule has 21 heavy (non-hydrogen) atoms. The van der Waals surface area contributed by atoms with Crippen LogP contribution in [0, 0.1) is 11.3 Å². The molecule has 0 bridgehead atoms. The Hall–Kier alpha value is -2.12. The van der Waals surface area contributed by atoms with E-state index in [4.69, 9.17) is 0 Å². The number of amides is 1. The van der Waals surface area contributed by atoms with Crippen molar-refractivity contribution in [3.8, 4) is 6.07 Å². The van der Waals surface area contributed by atoms with Crippen LogP contribution in [-0.2, 0) is 10.2 Å².